The van der Waals surface area contributed by atoms with Gasteiger partial charge in [-0.3, -0.25) is 9.67 Å². The normalized spacial score (nSPS) is 10.7. The van der Waals surface area contributed by atoms with Gasteiger partial charge in [-0.15, -0.1) is 0 Å². The van der Waals surface area contributed by atoms with Crippen LogP contribution in [-0.4, -0.2) is 24.7 Å². The van der Waals surface area contributed by atoms with Gasteiger partial charge in [0.1, 0.15) is 17.5 Å². The third kappa shape index (κ3) is 3.10. The topological polar surface area (TPSA) is 111 Å². The maximum absolute atomic E-state index is 5.67. The van der Waals surface area contributed by atoms with Crippen LogP contribution in [0.3, 0.4) is 0 Å². The van der Waals surface area contributed by atoms with Gasteiger partial charge >= 0.3 is 0 Å². The molecular formula is C13H13N7S2. The molecule has 0 aliphatic rings. The second-order valence-electron chi connectivity index (χ2n) is 4.40. The van der Waals surface area contributed by atoms with Crippen molar-refractivity contribution in [2.75, 3.05) is 11.5 Å². The van der Waals surface area contributed by atoms with Gasteiger partial charge in [-0.05, 0) is 24.4 Å². The summed E-state index contributed by atoms with van der Waals surface area (Å²) in [6.07, 6.45) is 0. The van der Waals surface area contributed by atoms with Crippen LogP contribution in [0.25, 0.3) is 5.69 Å². The van der Waals surface area contributed by atoms with Crippen molar-refractivity contribution in [1.82, 2.24) is 24.7 Å². The van der Waals surface area contributed by atoms with E-state index in [-0.39, 0.29) is 0 Å². The molecule has 0 radical (unpaired) electrons. The molecule has 0 fully saturated rings. The van der Waals surface area contributed by atoms with Crippen molar-refractivity contribution in [1.29, 1.82) is 0 Å². The molecule has 0 bridgehead atoms. The van der Waals surface area contributed by atoms with Crippen LogP contribution in [0.15, 0.2) is 41.6 Å². The van der Waals surface area contributed by atoms with Crippen LogP contribution in [0.2, 0.25) is 0 Å². The van der Waals surface area contributed by atoms with Crippen LogP contribution in [-0.2, 0) is 5.75 Å². The summed E-state index contributed by atoms with van der Waals surface area (Å²) in [6.45, 7) is 0. The molecule has 2 aromatic heterocycles. The third-order valence-corrected chi connectivity index (χ3v) is 3.95. The zero-order valence-electron chi connectivity index (χ0n) is 11.4. The molecule has 0 unspecified atom stereocenters. The van der Waals surface area contributed by atoms with E-state index in [0.29, 0.717) is 27.3 Å². The molecule has 7 nitrogen and oxygen atoms in total. The SMILES string of the molecule is Nc1cc(N)nc(SCc2n[nH]c(=S)n2-c2ccccc2)n1. The van der Waals surface area contributed by atoms with E-state index in [2.05, 4.69) is 20.2 Å². The number of nitrogens with two attached hydrogens (primary N) is 2. The highest BCUT2D eigenvalue weighted by molar-refractivity contribution is 7.98. The number of aromatic nitrogens is 5. The van der Waals surface area contributed by atoms with Gasteiger partial charge in [-0.2, -0.15) is 5.10 Å². The van der Waals surface area contributed by atoms with Crippen molar-refractivity contribution in [2.24, 2.45) is 0 Å². The number of anilines is 2. The lowest BCUT2D eigenvalue weighted by Gasteiger charge is -2.06. The maximum Gasteiger partial charge on any atom is 0.199 e. The number of thioether (sulfide) groups is 1. The Hall–Kier alpha value is -2.39. The van der Waals surface area contributed by atoms with Gasteiger partial charge in [0.2, 0.25) is 0 Å². The van der Waals surface area contributed by atoms with Crippen molar-refractivity contribution >= 4 is 35.6 Å². The van der Waals surface area contributed by atoms with Gasteiger partial charge in [-0.1, -0.05) is 30.0 Å². The van der Waals surface area contributed by atoms with E-state index in [1.165, 1.54) is 17.8 Å². The number of para-hydroxylation sites is 1. The number of hydrogen-bond acceptors (Lipinski definition) is 7. The van der Waals surface area contributed by atoms with Gasteiger partial charge in [0.15, 0.2) is 9.93 Å². The molecule has 3 rings (SSSR count). The Balaban J connectivity index is 1.86. The third-order valence-electron chi connectivity index (χ3n) is 2.83. The molecule has 0 saturated heterocycles. The molecule has 0 amide bonds. The molecule has 9 heteroatoms. The van der Waals surface area contributed by atoms with Gasteiger partial charge in [0.25, 0.3) is 0 Å². The number of H-pyrrole nitrogens is 1. The van der Waals surface area contributed by atoms with Crippen molar-refractivity contribution in [3.05, 3.63) is 47.0 Å². The van der Waals surface area contributed by atoms with E-state index in [9.17, 15) is 0 Å². The summed E-state index contributed by atoms with van der Waals surface area (Å²) in [5.74, 6) is 1.99. The maximum atomic E-state index is 5.67. The average molecular weight is 331 g/mol. The van der Waals surface area contributed by atoms with Crippen molar-refractivity contribution in [3.8, 4) is 5.69 Å². The lowest BCUT2D eigenvalue weighted by Crippen LogP contribution is -2.02. The van der Waals surface area contributed by atoms with E-state index < -0.39 is 0 Å². The number of nitrogens with one attached hydrogen (secondary N) is 1. The monoisotopic (exact) mass is 331 g/mol. The zero-order valence-corrected chi connectivity index (χ0v) is 13.1. The number of hydrogen-bond donors (Lipinski definition) is 3. The Morgan fingerprint density at radius 2 is 1.82 bits per heavy atom. The molecule has 2 heterocycles. The summed E-state index contributed by atoms with van der Waals surface area (Å²) in [4.78, 5) is 8.27. The van der Waals surface area contributed by atoms with Crippen LogP contribution in [0.1, 0.15) is 5.82 Å². The average Bonchev–Trinajstić information content (AvgIpc) is 2.86. The molecule has 0 atom stereocenters. The summed E-state index contributed by atoms with van der Waals surface area (Å²) in [6, 6.07) is 11.3. The zero-order chi connectivity index (χ0) is 15.5. The molecule has 0 spiro atoms. The first-order chi connectivity index (χ1) is 10.6. The fourth-order valence-corrected chi connectivity index (χ4v) is 2.97. The largest absolute Gasteiger partial charge is 0.383 e. The second kappa shape index (κ2) is 6.16. The van der Waals surface area contributed by atoms with E-state index in [1.807, 2.05) is 34.9 Å². The van der Waals surface area contributed by atoms with Crippen molar-refractivity contribution in [2.45, 2.75) is 10.9 Å². The second-order valence-corrected chi connectivity index (χ2v) is 5.73. The molecule has 0 aliphatic carbocycles. The van der Waals surface area contributed by atoms with Crippen molar-refractivity contribution < 1.29 is 0 Å². The number of nitrogen functional groups attached to an aromatic ring is 2. The van der Waals surface area contributed by atoms with Gasteiger partial charge < -0.3 is 11.5 Å². The van der Waals surface area contributed by atoms with Gasteiger partial charge in [0, 0.05) is 11.8 Å². The van der Waals surface area contributed by atoms with Crippen LogP contribution < -0.4 is 11.5 Å². The highest BCUT2D eigenvalue weighted by atomic mass is 32.2. The fourth-order valence-electron chi connectivity index (χ4n) is 1.93. The van der Waals surface area contributed by atoms with Crippen LogP contribution in [0, 0.1) is 4.77 Å². The van der Waals surface area contributed by atoms with Crippen LogP contribution in [0.5, 0.6) is 0 Å². The number of benzene rings is 1. The summed E-state index contributed by atoms with van der Waals surface area (Å²) in [7, 11) is 0. The molecule has 5 N–H and O–H groups in total. The minimum absolute atomic E-state index is 0.344. The number of nitrogens with zero attached hydrogens (tertiary/aromatic N) is 4. The van der Waals surface area contributed by atoms with E-state index in [0.717, 1.165) is 11.5 Å². The lowest BCUT2D eigenvalue weighted by molar-refractivity contribution is 0.936. The molecule has 1 aromatic carbocycles. The summed E-state index contributed by atoms with van der Waals surface area (Å²) < 4.78 is 2.41. The van der Waals surface area contributed by atoms with E-state index in [1.54, 1.807) is 0 Å². The summed E-state index contributed by atoms with van der Waals surface area (Å²) in [5.41, 5.74) is 12.3. The Morgan fingerprint density at radius 1 is 1.14 bits per heavy atom. The fraction of sp³-hybridized carbons (Fsp3) is 0.0769. The van der Waals surface area contributed by atoms with Crippen LogP contribution >= 0.6 is 24.0 Å². The molecule has 0 aliphatic heterocycles. The van der Waals surface area contributed by atoms with E-state index in [4.69, 9.17) is 23.7 Å². The minimum atomic E-state index is 0.344. The highest BCUT2D eigenvalue weighted by Crippen LogP contribution is 2.22. The Morgan fingerprint density at radius 3 is 2.50 bits per heavy atom. The lowest BCUT2D eigenvalue weighted by atomic mass is 10.3. The smallest absolute Gasteiger partial charge is 0.199 e. The number of rotatable bonds is 4. The minimum Gasteiger partial charge on any atom is -0.383 e. The number of aromatic amines is 1. The Bertz CT molecular complexity index is 821. The molecule has 22 heavy (non-hydrogen) atoms. The highest BCUT2D eigenvalue weighted by Gasteiger charge is 2.10. The van der Waals surface area contributed by atoms with Crippen molar-refractivity contribution in [3.63, 3.8) is 0 Å². The van der Waals surface area contributed by atoms with E-state index >= 15 is 0 Å². The quantitative estimate of drug-likeness (QED) is 0.381. The Kier molecular flexibility index (Phi) is 4.07. The molecular weight excluding hydrogens is 318 g/mol. The van der Waals surface area contributed by atoms with Gasteiger partial charge in [0.05, 0.1) is 5.75 Å². The summed E-state index contributed by atoms with van der Waals surface area (Å²) >= 11 is 6.68. The Labute approximate surface area is 135 Å². The van der Waals surface area contributed by atoms with Gasteiger partial charge in [-0.25, -0.2) is 9.97 Å². The molecule has 112 valence electrons. The predicted molar refractivity (Wildman–Crippen MR) is 89.2 cm³/mol. The van der Waals surface area contributed by atoms with Crippen LogP contribution in [0.4, 0.5) is 11.6 Å². The standard InChI is InChI=1S/C13H13N7S2/c14-9-6-10(15)17-12(16-9)22-7-11-18-19-13(21)20(11)8-4-2-1-3-5-8/h1-6H,7H2,(H,19,21)(H4,14,15,16,17). The predicted octanol–water partition coefficient (Wildman–Crippen LogP) is 2.18. The first-order valence-corrected chi connectivity index (χ1v) is 7.77. The molecule has 3 aromatic rings. The summed E-state index contributed by atoms with van der Waals surface area (Å²) in [5, 5.41) is 7.57. The first-order valence-electron chi connectivity index (χ1n) is 6.38. The first kappa shape index (κ1) is 14.5. The molecule has 0 saturated carbocycles.